The van der Waals surface area contributed by atoms with Crippen molar-refractivity contribution >= 4 is 15.0 Å². The van der Waals surface area contributed by atoms with Gasteiger partial charge in [-0.05, 0) is 20.8 Å². The van der Waals surface area contributed by atoms with Crippen molar-refractivity contribution in [2.45, 2.75) is 60.2 Å². The summed E-state index contributed by atoms with van der Waals surface area (Å²) in [4.78, 5) is 3.87. The molecular formula is C13H25Cl2NPSiTi. The number of halogens is 2. The fraction of sp³-hybridized carbons (Fsp3) is 0.692. The zero-order valence-electron chi connectivity index (χ0n) is 13.2. The molecule has 1 aromatic rings. The van der Waals surface area contributed by atoms with Gasteiger partial charge in [-0.25, -0.2) is 0 Å². The SMILES string of the molecule is Cc1[c-]p([Si](C)(C)NC(C)(C)C)c(C)c1C.[Cl-].[Cl-].[Ti+3]. The van der Waals surface area contributed by atoms with Crippen LogP contribution in [0.1, 0.15) is 37.2 Å². The summed E-state index contributed by atoms with van der Waals surface area (Å²) in [5.74, 6) is 3.72. The maximum atomic E-state index is 3.87. The molecule has 1 N–H and O–H groups in total. The summed E-state index contributed by atoms with van der Waals surface area (Å²) in [5.41, 5.74) is 3.06. The molecule has 1 aromatic heterocycles. The van der Waals surface area contributed by atoms with Crippen LogP contribution in [0.25, 0.3) is 0 Å². The Morgan fingerprint density at radius 1 is 1.05 bits per heavy atom. The van der Waals surface area contributed by atoms with Crippen molar-refractivity contribution in [1.29, 1.82) is 0 Å². The second-order valence-corrected chi connectivity index (χ2v) is 15.8. The van der Waals surface area contributed by atoms with Gasteiger partial charge in [0.2, 0.25) is 0 Å². The minimum Gasteiger partial charge on any atom is -1.00 e. The molecule has 0 bridgehead atoms. The monoisotopic (exact) mass is 372 g/mol. The molecule has 6 heteroatoms. The van der Waals surface area contributed by atoms with E-state index in [-0.39, 0.29) is 59.2 Å². The fourth-order valence-electron chi connectivity index (χ4n) is 2.31. The molecule has 0 aliphatic carbocycles. The van der Waals surface area contributed by atoms with Gasteiger partial charge in [0.25, 0.3) is 0 Å². The van der Waals surface area contributed by atoms with Crippen LogP contribution in [0.2, 0.25) is 13.1 Å². The number of hydrogen-bond donors (Lipinski definition) is 1. The van der Waals surface area contributed by atoms with Gasteiger partial charge in [-0.1, -0.05) is 33.9 Å². The molecule has 0 aliphatic heterocycles. The van der Waals surface area contributed by atoms with Gasteiger partial charge >= 0.3 is 21.7 Å². The zero-order chi connectivity index (χ0) is 12.7. The van der Waals surface area contributed by atoms with Crippen molar-refractivity contribution in [3.63, 3.8) is 0 Å². The Kier molecular flexibility index (Phi) is 11.5. The normalized spacial score (nSPS) is 12.1. The van der Waals surface area contributed by atoms with Crippen LogP contribution in [0.3, 0.4) is 0 Å². The standard InChI is InChI=1S/C13H25NPSi.2ClH.Ti/c1-10-9-15(12(3)11(10)2)16(7,8)14-13(4,5)6;;;/h14H,1-8H3;2*1H;/q-1;;;+3/p-2. The van der Waals surface area contributed by atoms with E-state index in [0.717, 1.165) is 0 Å². The van der Waals surface area contributed by atoms with Crippen LogP contribution in [0.4, 0.5) is 0 Å². The summed E-state index contributed by atoms with van der Waals surface area (Å²) in [6.07, 6.45) is 0. The third kappa shape index (κ3) is 6.70. The predicted molar refractivity (Wildman–Crippen MR) is 78.0 cm³/mol. The van der Waals surface area contributed by atoms with Crippen molar-refractivity contribution in [3.05, 3.63) is 22.2 Å². The first kappa shape index (κ1) is 25.2. The molecular weight excluding hydrogens is 348 g/mol. The van der Waals surface area contributed by atoms with Crippen molar-refractivity contribution < 1.29 is 46.5 Å². The average molecular weight is 373 g/mol. The van der Waals surface area contributed by atoms with E-state index in [4.69, 9.17) is 0 Å². The molecule has 19 heavy (non-hydrogen) atoms. The Bertz CT molecular complexity index is 400. The van der Waals surface area contributed by atoms with Gasteiger partial charge in [-0.2, -0.15) is 22.2 Å². The number of rotatable bonds is 2. The number of hydrogen-bond acceptors (Lipinski definition) is 1. The molecule has 0 fully saturated rings. The van der Waals surface area contributed by atoms with E-state index in [1.165, 1.54) is 11.1 Å². The van der Waals surface area contributed by atoms with Gasteiger partial charge in [-0.15, -0.1) is 0 Å². The van der Waals surface area contributed by atoms with Crippen LogP contribution >= 0.6 is 7.08 Å². The minimum atomic E-state index is -1.43. The third-order valence-electron chi connectivity index (χ3n) is 2.96. The van der Waals surface area contributed by atoms with E-state index in [0.29, 0.717) is 0 Å². The van der Waals surface area contributed by atoms with Gasteiger partial charge in [0.1, 0.15) is 7.90 Å². The molecule has 109 valence electrons. The number of aryl methyl sites for hydroxylation is 1. The molecule has 1 rings (SSSR count). The Morgan fingerprint density at radius 3 is 1.74 bits per heavy atom. The third-order valence-corrected chi connectivity index (χ3v) is 12.0. The van der Waals surface area contributed by atoms with Crippen molar-refractivity contribution in [2.24, 2.45) is 0 Å². The maximum absolute atomic E-state index is 3.87. The topological polar surface area (TPSA) is 12.0 Å². The Hall–Kier alpha value is 1.25. The number of nitrogens with one attached hydrogen (secondary N) is 1. The maximum Gasteiger partial charge on any atom is 3.00 e. The van der Waals surface area contributed by atoms with Crippen LogP contribution in [0.5, 0.6) is 0 Å². The summed E-state index contributed by atoms with van der Waals surface area (Å²) in [6.45, 7) is 18.4. The smallest absolute Gasteiger partial charge is 1.00 e. The van der Waals surface area contributed by atoms with E-state index in [1.807, 2.05) is 0 Å². The first-order valence-corrected chi connectivity index (χ1v) is 11.1. The van der Waals surface area contributed by atoms with Crippen LogP contribution in [0.15, 0.2) is 0 Å². The Labute approximate surface area is 148 Å². The molecule has 0 saturated heterocycles. The van der Waals surface area contributed by atoms with Crippen LogP contribution < -0.4 is 29.8 Å². The fourth-order valence-corrected chi connectivity index (χ4v) is 12.2. The van der Waals surface area contributed by atoms with Gasteiger partial charge in [0.15, 0.2) is 0 Å². The van der Waals surface area contributed by atoms with E-state index in [2.05, 4.69) is 65.4 Å². The zero-order valence-corrected chi connectivity index (χ0v) is 18.2. The van der Waals surface area contributed by atoms with E-state index in [1.54, 1.807) is 5.30 Å². The second kappa shape index (κ2) is 8.64. The first-order chi connectivity index (χ1) is 7.04. The largest absolute Gasteiger partial charge is 3.00 e. The summed E-state index contributed by atoms with van der Waals surface area (Å²) >= 11 is 0. The molecule has 1 unspecified atom stereocenters. The second-order valence-electron chi connectivity index (χ2n) is 6.22. The molecule has 0 aliphatic rings. The molecule has 0 amide bonds. The van der Waals surface area contributed by atoms with E-state index >= 15 is 0 Å². The molecule has 1 atom stereocenters. The van der Waals surface area contributed by atoms with E-state index in [9.17, 15) is 0 Å². The van der Waals surface area contributed by atoms with Crippen LogP contribution in [0, 0.1) is 26.6 Å². The Morgan fingerprint density at radius 2 is 1.47 bits per heavy atom. The van der Waals surface area contributed by atoms with Gasteiger partial charge in [0.05, 0.1) is 0 Å². The van der Waals surface area contributed by atoms with Crippen molar-refractivity contribution in [2.75, 3.05) is 0 Å². The molecule has 0 saturated carbocycles. The predicted octanol–water partition coefficient (Wildman–Crippen LogP) is -1.66. The molecule has 1 heterocycles. The van der Waals surface area contributed by atoms with Crippen molar-refractivity contribution in [1.82, 2.24) is 4.98 Å². The minimum absolute atomic E-state index is 0. The quantitative estimate of drug-likeness (QED) is 0.484. The summed E-state index contributed by atoms with van der Waals surface area (Å²) in [6, 6.07) is 0. The molecule has 0 aromatic carbocycles. The van der Waals surface area contributed by atoms with Crippen molar-refractivity contribution in [3.8, 4) is 0 Å². The van der Waals surface area contributed by atoms with E-state index < -0.39 is 7.90 Å². The van der Waals surface area contributed by atoms with Gasteiger partial charge in [0, 0.05) is 5.54 Å². The summed E-state index contributed by atoms with van der Waals surface area (Å²) in [5, 5.41) is 1.58. The summed E-state index contributed by atoms with van der Waals surface area (Å²) < 4.78 is 0. The average Bonchev–Trinajstić information content (AvgIpc) is 2.29. The molecule has 1 radical (unpaired) electrons. The van der Waals surface area contributed by atoms with Crippen LogP contribution in [-0.4, -0.2) is 13.4 Å². The van der Waals surface area contributed by atoms with Gasteiger partial charge < -0.3 is 29.8 Å². The first-order valence-electron chi connectivity index (χ1n) is 5.92. The molecule has 0 spiro atoms. The van der Waals surface area contributed by atoms with Gasteiger partial charge in [-0.3, -0.25) is 7.08 Å². The molecule has 1 nitrogen and oxygen atoms in total. The van der Waals surface area contributed by atoms with Crippen LogP contribution in [-0.2, 0) is 21.7 Å². The summed E-state index contributed by atoms with van der Waals surface area (Å²) in [7, 11) is -1.60. The Balaban J connectivity index is -0.000000853.